The van der Waals surface area contributed by atoms with Gasteiger partial charge in [-0.2, -0.15) is 0 Å². The summed E-state index contributed by atoms with van der Waals surface area (Å²) in [6, 6.07) is 13.1. The molecule has 1 atom stereocenters. The fourth-order valence-electron chi connectivity index (χ4n) is 4.81. The first-order valence-electron chi connectivity index (χ1n) is 10.0. The van der Waals surface area contributed by atoms with Gasteiger partial charge in [0, 0.05) is 23.1 Å². The average Bonchev–Trinajstić information content (AvgIpc) is 2.94. The van der Waals surface area contributed by atoms with Crippen molar-refractivity contribution in [2.75, 3.05) is 0 Å². The summed E-state index contributed by atoms with van der Waals surface area (Å²) in [4.78, 5) is 0. The van der Waals surface area contributed by atoms with Gasteiger partial charge in [0.25, 0.3) is 0 Å². The number of nitrogens with one attached hydrogen (secondary N) is 1. The van der Waals surface area contributed by atoms with Crippen LogP contribution in [-0.2, 0) is 0 Å². The summed E-state index contributed by atoms with van der Waals surface area (Å²) >= 11 is 0. The Morgan fingerprint density at radius 2 is 1.65 bits per heavy atom. The quantitative estimate of drug-likeness (QED) is 0.571. The zero-order chi connectivity index (χ0) is 18.3. The number of allylic oxidation sites excluding steroid dienone is 4. The molecule has 0 aromatic heterocycles. The largest absolute Gasteiger partial charge is 0.304 e. The van der Waals surface area contributed by atoms with Gasteiger partial charge in [-0.1, -0.05) is 72.9 Å². The predicted octanol–water partition coefficient (Wildman–Crippen LogP) is 7.17. The molecule has 4 rings (SSSR count). The minimum Gasteiger partial charge on any atom is -0.304 e. The Bertz CT molecular complexity index is 922. The summed E-state index contributed by atoms with van der Waals surface area (Å²) in [5, 5.41) is 11.6. The molecule has 1 saturated carbocycles. The molecule has 2 aliphatic rings. The average molecular weight is 344 g/mol. The lowest BCUT2D eigenvalue weighted by atomic mass is 9.78. The third-order valence-electron chi connectivity index (χ3n) is 6.65. The fraction of sp³-hybridized carbons (Fsp3) is 0.400. The Balaban J connectivity index is 1.90. The molecule has 134 valence electrons. The van der Waals surface area contributed by atoms with Crippen LogP contribution in [-0.4, -0.2) is 5.71 Å². The Hall–Kier alpha value is -2.15. The van der Waals surface area contributed by atoms with Crippen LogP contribution in [0.2, 0.25) is 0 Å². The summed E-state index contributed by atoms with van der Waals surface area (Å²) in [5.41, 5.74) is 7.65. The standard InChI is InChI=1S/C25H29N/c1-16-15-23(18(3)17(16)2)22-14-13-19-9-7-8-12-21(19)24(22)25(26)20-10-5-4-6-11-20/h7-9,12-15,20,23,26H,4-6,10-11H2,1-3H3. The summed E-state index contributed by atoms with van der Waals surface area (Å²) in [7, 11) is 0. The highest BCUT2D eigenvalue weighted by Crippen LogP contribution is 2.42. The summed E-state index contributed by atoms with van der Waals surface area (Å²) in [6.45, 7) is 6.70. The van der Waals surface area contributed by atoms with Crippen molar-refractivity contribution in [1.82, 2.24) is 0 Å². The lowest BCUT2D eigenvalue weighted by Crippen LogP contribution is -2.20. The molecule has 1 fully saturated rings. The monoisotopic (exact) mass is 343 g/mol. The van der Waals surface area contributed by atoms with E-state index in [1.165, 1.54) is 70.7 Å². The van der Waals surface area contributed by atoms with Crippen LogP contribution in [0, 0.1) is 11.3 Å². The van der Waals surface area contributed by atoms with Crippen molar-refractivity contribution in [1.29, 1.82) is 5.41 Å². The van der Waals surface area contributed by atoms with Crippen LogP contribution >= 0.6 is 0 Å². The molecular formula is C25H29N. The van der Waals surface area contributed by atoms with Crippen LogP contribution in [0.1, 0.15) is 69.9 Å². The number of fused-ring (bicyclic) bond motifs is 1. The molecule has 1 nitrogen and oxygen atoms in total. The van der Waals surface area contributed by atoms with Crippen LogP contribution in [0.15, 0.2) is 59.2 Å². The SMILES string of the molecule is CC1=CC(c2ccc3ccccc3c2C(=N)C2CCCCC2)C(C)=C1C. The highest BCUT2D eigenvalue weighted by molar-refractivity contribution is 6.12. The van der Waals surface area contributed by atoms with Crippen LogP contribution in [0.25, 0.3) is 10.8 Å². The Labute approximate surface area is 157 Å². The molecule has 0 spiro atoms. The van der Waals surface area contributed by atoms with E-state index in [9.17, 15) is 0 Å². The van der Waals surface area contributed by atoms with Gasteiger partial charge >= 0.3 is 0 Å². The van der Waals surface area contributed by atoms with Crippen molar-refractivity contribution in [3.8, 4) is 0 Å². The van der Waals surface area contributed by atoms with E-state index in [2.05, 4.69) is 63.2 Å². The fourth-order valence-corrected chi connectivity index (χ4v) is 4.81. The molecule has 2 aromatic rings. The summed E-state index contributed by atoms with van der Waals surface area (Å²) in [5.74, 6) is 0.740. The number of hydrogen-bond donors (Lipinski definition) is 1. The molecule has 0 heterocycles. The Kier molecular flexibility index (Phi) is 4.56. The maximum Gasteiger partial charge on any atom is 0.0426 e. The van der Waals surface area contributed by atoms with Crippen LogP contribution < -0.4 is 0 Å². The first-order valence-corrected chi connectivity index (χ1v) is 10.0. The van der Waals surface area contributed by atoms with Crippen LogP contribution in [0.4, 0.5) is 0 Å². The first-order chi connectivity index (χ1) is 12.6. The second-order valence-electron chi connectivity index (χ2n) is 8.13. The molecule has 26 heavy (non-hydrogen) atoms. The van der Waals surface area contributed by atoms with Crippen molar-refractivity contribution in [3.63, 3.8) is 0 Å². The van der Waals surface area contributed by atoms with Gasteiger partial charge in [0.1, 0.15) is 0 Å². The highest BCUT2D eigenvalue weighted by atomic mass is 14.5. The molecule has 0 aliphatic heterocycles. The molecule has 2 aromatic carbocycles. The third-order valence-corrected chi connectivity index (χ3v) is 6.65. The van der Waals surface area contributed by atoms with E-state index in [1.807, 2.05) is 0 Å². The zero-order valence-electron chi connectivity index (χ0n) is 16.2. The zero-order valence-corrected chi connectivity index (χ0v) is 16.2. The van der Waals surface area contributed by atoms with Gasteiger partial charge in [-0.3, -0.25) is 0 Å². The minimum atomic E-state index is 0.318. The van der Waals surface area contributed by atoms with Gasteiger partial charge in [-0.05, 0) is 55.5 Å². The van der Waals surface area contributed by atoms with Crippen molar-refractivity contribution in [2.45, 2.75) is 58.8 Å². The normalized spacial score (nSPS) is 21.3. The molecule has 0 amide bonds. The summed E-state index contributed by atoms with van der Waals surface area (Å²) in [6.07, 6.45) is 8.62. The molecule has 2 aliphatic carbocycles. The van der Waals surface area contributed by atoms with Crippen molar-refractivity contribution in [2.24, 2.45) is 5.92 Å². The van der Waals surface area contributed by atoms with Crippen LogP contribution in [0.3, 0.4) is 0 Å². The van der Waals surface area contributed by atoms with Gasteiger partial charge in [-0.15, -0.1) is 0 Å². The second-order valence-corrected chi connectivity index (χ2v) is 8.13. The van der Waals surface area contributed by atoms with Gasteiger partial charge in [0.05, 0.1) is 0 Å². The minimum absolute atomic E-state index is 0.318. The maximum absolute atomic E-state index is 9.14. The smallest absolute Gasteiger partial charge is 0.0426 e. The lowest BCUT2D eigenvalue weighted by Gasteiger charge is -2.26. The Morgan fingerprint density at radius 3 is 2.35 bits per heavy atom. The van der Waals surface area contributed by atoms with E-state index >= 15 is 0 Å². The van der Waals surface area contributed by atoms with E-state index in [0.717, 1.165) is 5.71 Å². The van der Waals surface area contributed by atoms with Gasteiger partial charge in [0.15, 0.2) is 0 Å². The third kappa shape index (κ3) is 2.84. The predicted molar refractivity (Wildman–Crippen MR) is 112 cm³/mol. The van der Waals surface area contributed by atoms with E-state index in [-0.39, 0.29) is 0 Å². The molecular weight excluding hydrogens is 314 g/mol. The molecule has 1 heteroatoms. The van der Waals surface area contributed by atoms with E-state index in [4.69, 9.17) is 5.41 Å². The highest BCUT2D eigenvalue weighted by Gasteiger charge is 2.28. The van der Waals surface area contributed by atoms with Crippen molar-refractivity contribution in [3.05, 3.63) is 70.3 Å². The van der Waals surface area contributed by atoms with E-state index < -0.39 is 0 Å². The lowest BCUT2D eigenvalue weighted by molar-refractivity contribution is 0.438. The van der Waals surface area contributed by atoms with E-state index in [1.54, 1.807) is 0 Å². The van der Waals surface area contributed by atoms with Crippen molar-refractivity contribution < 1.29 is 0 Å². The number of hydrogen-bond acceptors (Lipinski definition) is 1. The van der Waals surface area contributed by atoms with Crippen molar-refractivity contribution >= 4 is 16.5 Å². The Morgan fingerprint density at radius 1 is 0.923 bits per heavy atom. The molecule has 0 saturated heterocycles. The molecule has 0 bridgehead atoms. The molecule has 1 N–H and O–H groups in total. The summed E-state index contributed by atoms with van der Waals surface area (Å²) < 4.78 is 0. The molecule has 1 unspecified atom stereocenters. The van der Waals surface area contributed by atoms with Gasteiger partial charge < -0.3 is 5.41 Å². The number of rotatable bonds is 3. The van der Waals surface area contributed by atoms with E-state index in [0.29, 0.717) is 11.8 Å². The second kappa shape index (κ2) is 6.87. The van der Waals surface area contributed by atoms with Gasteiger partial charge in [-0.25, -0.2) is 0 Å². The maximum atomic E-state index is 9.14. The topological polar surface area (TPSA) is 23.9 Å². The van der Waals surface area contributed by atoms with Gasteiger partial charge in [0.2, 0.25) is 0 Å². The number of benzene rings is 2. The van der Waals surface area contributed by atoms with Crippen LogP contribution in [0.5, 0.6) is 0 Å². The molecule has 0 radical (unpaired) electrons. The first kappa shape index (κ1) is 17.3.